The number of ketones is 1. The van der Waals surface area contributed by atoms with E-state index in [-0.39, 0.29) is 29.1 Å². The van der Waals surface area contributed by atoms with Gasteiger partial charge in [-0.05, 0) is 36.4 Å². The molecule has 3 aromatic carbocycles. The second-order valence-electron chi connectivity index (χ2n) is 7.98. The van der Waals surface area contributed by atoms with E-state index in [2.05, 4.69) is 15.6 Å². The fourth-order valence-electron chi connectivity index (χ4n) is 3.37. The molecule has 0 aliphatic carbocycles. The monoisotopic (exact) mass is 532 g/mol. The lowest BCUT2D eigenvalue weighted by Crippen LogP contribution is -2.28. The number of para-hydroxylation sites is 1. The number of non-ortho nitro benzene ring substituents is 1. The molecule has 2 N–H and O–H groups in total. The topological polar surface area (TPSA) is 157 Å². The van der Waals surface area contributed by atoms with Gasteiger partial charge in [-0.1, -0.05) is 42.1 Å². The van der Waals surface area contributed by atoms with Gasteiger partial charge in [-0.2, -0.15) is 0 Å². The van der Waals surface area contributed by atoms with Crippen LogP contribution < -0.4 is 10.6 Å². The Labute approximate surface area is 220 Å². The molecule has 1 fully saturated rings. The molecule has 1 atom stereocenters. The maximum atomic E-state index is 12.5. The summed E-state index contributed by atoms with van der Waals surface area (Å²) < 4.78 is 5.01. The summed E-state index contributed by atoms with van der Waals surface area (Å²) in [6.45, 7) is -0.588. The quantitative estimate of drug-likeness (QED) is 0.182. The molecule has 0 saturated carbocycles. The predicted octanol–water partition coefficient (Wildman–Crippen LogP) is 3.88. The fraction of sp³-hybridized carbons (Fsp3) is 0.115. The highest BCUT2D eigenvalue weighted by atomic mass is 32.2. The molecule has 11 nitrogen and oxygen atoms in total. The minimum atomic E-state index is -0.772. The van der Waals surface area contributed by atoms with Crippen LogP contribution in [-0.4, -0.2) is 45.5 Å². The number of carbonyl (C=O) groups excluding carboxylic acids is 4. The summed E-state index contributed by atoms with van der Waals surface area (Å²) in [6.07, 6.45) is -0.0755. The zero-order chi connectivity index (χ0) is 27.1. The van der Waals surface area contributed by atoms with E-state index in [1.54, 1.807) is 12.1 Å². The largest absolute Gasteiger partial charge is 0.454 e. The standard InChI is InChI=1S/C26H20N4O7S/c31-21(17-5-4-8-20(13-17)30(35)36)15-37-25(34)16-9-11-19(12-10-16)27-23(32)14-22-24(33)29-26(38-22)28-18-6-2-1-3-7-18/h1-13,22H,14-15H2,(H,27,32)(H,28,29,33). The van der Waals surface area contributed by atoms with Gasteiger partial charge >= 0.3 is 5.97 Å². The Morgan fingerprint density at radius 3 is 2.45 bits per heavy atom. The number of nitrogens with one attached hydrogen (secondary N) is 2. The number of thioether (sulfide) groups is 1. The van der Waals surface area contributed by atoms with Crippen molar-refractivity contribution in [2.75, 3.05) is 11.9 Å². The third kappa shape index (κ3) is 6.89. The van der Waals surface area contributed by atoms with Crippen LogP contribution >= 0.6 is 11.8 Å². The number of nitro benzene ring substituents is 1. The summed E-state index contributed by atoms with van der Waals surface area (Å²) >= 11 is 1.17. The van der Waals surface area contributed by atoms with Crippen molar-refractivity contribution in [3.05, 3.63) is 100 Å². The van der Waals surface area contributed by atoms with Crippen molar-refractivity contribution in [1.82, 2.24) is 5.32 Å². The number of ether oxygens (including phenoxy) is 1. The van der Waals surface area contributed by atoms with Crippen molar-refractivity contribution in [2.45, 2.75) is 11.7 Å². The summed E-state index contributed by atoms with van der Waals surface area (Å²) in [7, 11) is 0. The fourth-order valence-corrected chi connectivity index (χ4v) is 4.36. The number of nitrogens with zero attached hydrogens (tertiary/aromatic N) is 2. The first-order valence-corrected chi connectivity index (χ1v) is 12.1. The maximum Gasteiger partial charge on any atom is 0.338 e. The Morgan fingerprint density at radius 2 is 1.74 bits per heavy atom. The van der Waals surface area contributed by atoms with Crippen LogP contribution in [0.25, 0.3) is 0 Å². The molecule has 0 aromatic heterocycles. The number of amides is 2. The van der Waals surface area contributed by atoms with Gasteiger partial charge in [0.05, 0.1) is 16.2 Å². The number of amidine groups is 1. The predicted molar refractivity (Wildman–Crippen MR) is 140 cm³/mol. The SMILES string of the molecule is O=C(CC1SC(=Nc2ccccc2)NC1=O)Nc1ccc(C(=O)OCC(=O)c2cccc([N+](=O)[O-])c2)cc1. The van der Waals surface area contributed by atoms with E-state index in [0.717, 1.165) is 6.07 Å². The maximum absolute atomic E-state index is 12.5. The molecule has 1 heterocycles. The highest BCUT2D eigenvalue weighted by Crippen LogP contribution is 2.25. The lowest BCUT2D eigenvalue weighted by Gasteiger charge is -2.08. The number of carbonyl (C=O) groups is 4. The van der Waals surface area contributed by atoms with E-state index in [1.807, 2.05) is 18.2 Å². The van der Waals surface area contributed by atoms with Gasteiger partial charge in [0.15, 0.2) is 11.8 Å². The van der Waals surface area contributed by atoms with Crippen molar-refractivity contribution in [1.29, 1.82) is 0 Å². The summed E-state index contributed by atoms with van der Waals surface area (Å²) in [5.74, 6) is -2.06. The molecule has 1 aliphatic rings. The van der Waals surface area contributed by atoms with Crippen LogP contribution in [0.1, 0.15) is 27.1 Å². The molecule has 0 bridgehead atoms. The van der Waals surface area contributed by atoms with Crippen LogP contribution in [0.5, 0.6) is 0 Å². The first-order chi connectivity index (χ1) is 18.3. The molecule has 192 valence electrons. The van der Waals surface area contributed by atoms with E-state index >= 15 is 0 Å². The van der Waals surface area contributed by atoms with Crippen molar-refractivity contribution in [3.63, 3.8) is 0 Å². The first kappa shape index (κ1) is 26.2. The average molecular weight is 533 g/mol. The molecule has 3 aromatic rings. The first-order valence-electron chi connectivity index (χ1n) is 11.2. The number of rotatable bonds is 9. The minimum absolute atomic E-state index is 0.0534. The van der Waals surface area contributed by atoms with Crippen LogP contribution in [-0.2, 0) is 14.3 Å². The van der Waals surface area contributed by atoms with Gasteiger partial charge in [0, 0.05) is 29.8 Å². The highest BCUT2D eigenvalue weighted by Gasteiger charge is 2.32. The van der Waals surface area contributed by atoms with Crippen LogP contribution in [0.3, 0.4) is 0 Å². The summed E-state index contributed by atoms with van der Waals surface area (Å²) in [5, 5.41) is 16.0. The van der Waals surface area contributed by atoms with Crippen molar-refractivity contribution in [3.8, 4) is 0 Å². The Bertz CT molecular complexity index is 1430. The van der Waals surface area contributed by atoms with Gasteiger partial charge in [0.25, 0.3) is 5.69 Å². The minimum Gasteiger partial charge on any atom is -0.454 e. The molecular weight excluding hydrogens is 512 g/mol. The molecule has 0 spiro atoms. The van der Waals surface area contributed by atoms with Crippen LogP contribution in [0.4, 0.5) is 17.1 Å². The number of nitro groups is 1. The smallest absolute Gasteiger partial charge is 0.338 e. The molecule has 1 saturated heterocycles. The molecular formula is C26H20N4O7S. The van der Waals surface area contributed by atoms with Gasteiger partial charge in [-0.25, -0.2) is 9.79 Å². The molecule has 1 aliphatic heterocycles. The van der Waals surface area contributed by atoms with E-state index in [0.29, 0.717) is 16.5 Å². The van der Waals surface area contributed by atoms with Crippen molar-refractivity contribution in [2.24, 2.45) is 4.99 Å². The molecule has 4 rings (SSSR count). The number of anilines is 1. The molecule has 2 amide bonds. The summed E-state index contributed by atoms with van der Waals surface area (Å²) in [4.78, 5) is 63.8. The van der Waals surface area contributed by atoms with Crippen molar-refractivity contribution < 1.29 is 28.8 Å². The molecule has 12 heteroatoms. The van der Waals surface area contributed by atoms with Gasteiger partial charge in [0.1, 0.15) is 5.25 Å². The van der Waals surface area contributed by atoms with E-state index < -0.39 is 34.4 Å². The van der Waals surface area contributed by atoms with E-state index in [1.165, 1.54) is 54.2 Å². The Hall–Kier alpha value is -4.84. The summed E-state index contributed by atoms with van der Waals surface area (Å²) in [5.41, 5.74) is 1.04. The Balaban J connectivity index is 1.26. The lowest BCUT2D eigenvalue weighted by atomic mass is 10.1. The second-order valence-corrected chi connectivity index (χ2v) is 9.18. The third-order valence-electron chi connectivity index (χ3n) is 5.25. The van der Waals surface area contributed by atoms with Crippen LogP contribution in [0, 0.1) is 10.1 Å². The highest BCUT2D eigenvalue weighted by molar-refractivity contribution is 8.15. The normalized spacial score (nSPS) is 15.5. The molecule has 1 unspecified atom stereocenters. The van der Waals surface area contributed by atoms with Gasteiger partial charge in [0.2, 0.25) is 17.6 Å². The Kier molecular flexibility index (Phi) is 8.23. The van der Waals surface area contributed by atoms with Crippen molar-refractivity contribution >= 4 is 57.6 Å². The number of esters is 1. The number of aliphatic imine (C=N–C) groups is 1. The zero-order valence-electron chi connectivity index (χ0n) is 19.7. The number of hydrogen-bond donors (Lipinski definition) is 2. The number of Topliss-reactive ketones (excluding diaryl/α,β-unsaturated/α-hetero) is 1. The van der Waals surface area contributed by atoms with E-state index in [9.17, 15) is 29.3 Å². The van der Waals surface area contributed by atoms with Gasteiger partial charge < -0.3 is 15.4 Å². The second kappa shape index (κ2) is 11.9. The number of hydrogen-bond acceptors (Lipinski definition) is 9. The molecule has 0 radical (unpaired) electrons. The summed E-state index contributed by atoms with van der Waals surface area (Å²) in [6, 6.07) is 20.0. The van der Waals surface area contributed by atoms with Crippen LogP contribution in [0.2, 0.25) is 0 Å². The Morgan fingerprint density at radius 1 is 1.00 bits per heavy atom. The van der Waals surface area contributed by atoms with Crippen LogP contribution in [0.15, 0.2) is 83.9 Å². The molecule has 38 heavy (non-hydrogen) atoms. The van der Waals surface area contributed by atoms with Gasteiger partial charge in [-0.3, -0.25) is 24.5 Å². The van der Waals surface area contributed by atoms with Gasteiger partial charge in [-0.15, -0.1) is 0 Å². The number of benzene rings is 3. The van der Waals surface area contributed by atoms with E-state index in [4.69, 9.17) is 4.74 Å². The average Bonchev–Trinajstić information content (AvgIpc) is 3.25. The third-order valence-corrected chi connectivity index (χ3v) is 6.33. The zero-order valence-corrected chi connectivity index (χ0v) is 20.5. The lowest BCUT2D eigenvalue weighted by molar-refractivity contribution is -0.384.